The Morgan fingerprint density at radius 1 is 1.24 bits per heavy atom. The standard InChI is InChI=1S/C15H10BrCl2FN2/c16-15-10(18)2-1-3-13(15)21-12-5-4-9(19)8-11(12)20-14(21)6-7-17/h1-5,8H,6-7H2. The van der Waals surface area contributed by atoms with E-state index < -0.39 is 0 Å². The number of fused-ring (bicyclic) bond motifs is 1. The highest BCUT2D eigenvalue weighted by atomic mass is 79.9. The lowest BCUT2D eigenvalue weighted by molar-refractivity contribution is 0.629. The lowest BCUT2D eigenvalue weighted by atomic mass is 10.2. The van der Waals surface area contributed by atoms with Gasteiger partial charge in [-0.25, -0.2) is 9.37 Å². The Hall–Kier alpha value is -1.10. The third kappa shape index (κ3) is 2.68. The normalized spacial score (nSPS) is 11.2. The summed E-state index contributed by atoms with van der Waals surface area (Å²) in [5.74, 6) is 0.896. The van der Waals surface area contributed by atoms with Gasteiger partial charge in [-0.3, -0.25) is 4.57 Å². The second kappa shape index (κ2) is 5.95. The van der Waals surface area contributed by atoms with Gasteiger partial charge < -0.3 is 0 Å². The van der Waals surface area contributed by atoms with E-state index in [2.05, 4.69) is 20.9 Å². The molecule has 0 aliphatic carbocycles. The maximum absolute atomic E-state index is 13.4. The van der Waals surface area contributed by atoms with Crippen molar-refractivity contribution in [2.75, 3.05) is 5.88 Å². The fraction of sp³-hybridized carbons (Fsp3) is 0.133. The maximum Gasteiger partial charge on any atom is 0.125 e. The van der Waals surface area contributed by atoms with Crippen LogP contribution in [0.5, 0.6) is 0 Å². The van der Waals surface area contributed by atoms with E-state index in [-0.39, 0.29) is 5.82 Å². The van der Waals surface area contributed by atoms with Gasteiger partial charge in [0.05, 0.1) is 26.2 Å². The summed E-state index contributed by atoms with van der Waals surface area (Å²) in [7, 11) is 0. The predicted molar refractivity (Wildman–Crippen MR) is 88.2 cm³/mol. The van der Waals surface area contributed by atoms with Gasteiger partial charge in [0, 0.05) is 18.4 Å². The van der Waals surface area contributed by atoms with Crippen LogP contribution in [0.15, 0.2) is 40.9 Å². The van der Waals surface area contributed by atoms with Gasteiger partial charge in [-0.05, 0) is 40.2 Å². The quantitative estimate of drug-likeness (QED) is 0.553. The van der Waals surface area contributed by atoms with Gasteiger partial charge in [0.2, 0.25) is 0 Å². The van der Waals surface area contributed by atoms with E-state index in [0.717, 1.165) is 21.5 Å². The fourth-order valence-electron chi connectivity index (χ4n) is 2.29. The number of imidazole rings is 1. The van der Waals surface area contributed by atoms with Crippen molar-refractivity contribution in [1.29, 1.82) is 0 Å². The zero-order chi connectivity index (χ0) is 15.0. The molecule has 1 aromatic heterocycles. The molecule has 0 atom stereocenters. The topological polar surface area (TPSA) is 17.8 Å². The van der Waals surface area contributed by atoms with Gasteiger partial charge in [0.1, 0.15) is 11.6 Å². The maximum atomic E-state index is 13.4. The fourth-order valence-corrected chi connectivity index (χ4v) is 3.07. The summed E-state index contributed by atoms with van der Waals surface area (Å²) in [5.41, 5.74) is 2.28. The monoisotopic (exact) mass is 386 g/mol. The first-order valence-corrected chi connectivity index (χ1v) is 7.99. The molecule has 0 fully saturated rings. The molecular formula is C15H10BrCl2FN2. The smallest absolute Gasteiger partial charge is 0.125 e. The molecule has 2 nitrogen and oxygen atoms in total. The molecule has 3 rings (SSSR count). The van der Waals surface area contributed by atoms with E-state index in [1.165, 1.54) is 12.1 Å². The molecule has 0 amide bonds. The number of halogens is 4. The summed E-state index contributed by atoms with van der Waals surface area (Å²) in [6.45, 7) is 0. The van der Waals surface area contributed by atoms with Gasteiger partial charge in [-0.15, -0.1) is 11.6 Å². The first-order chi connectivity index (χ1) is 10.1. The van der Waals surface area contributed by atoms with Crippen molar-refractivity contribution in [1.82, 2.24) is 9.55 Å². The van der Waals surface area contributed by atoms with Crippen LogP contribution in [0.4, 0.5) is 4.39 Å². The van der Waals surface area contributed by atoms with Crippen molar-refractivity contribution in [2.24, 2.45) is 0 Å². The van der Waals surface area contributed by atoms with Gasteiger partial charge in [-0.1, -0.05) is 17.7 Å². The molecule has 0 aliphatic heterocycles. The molecular weight excluding hydrogens is 378 g/mol. The average Bonchev–Trinajstić information content (AvgIpc) is 2.79. The Labute approximate surface area is 139 Å². The molecule has 2 aromatic carbocycles. The number of hydrogen-bond acceptors (Lipinski definition) is 1. The van der Waals surface area contributed by atoms with Gasteiger partial charge in [-0.2, -0.15) is 0 Å². The summed E-state index contributed by atoms with van der Waals surface area (Å²) in [6.07, 6.45) is 0.580. The molecule has 0 spiro atoms. The average molecular weight is 388 g/mol. The molecule has 0 radical (unpaired) electrons. The van der Waals surface area contributed by atoms with Crippen molar-refractivity contribution >= 4 is 50.2 Å². The van der Waals surface area contributed by atoms with Gasteiger partial charge >= 0.3 is 0 Å². The lowest BCUT2D eigenvalue weighted by Crippen LogP contribution is -2.03. The Kier molecular flexibility index (Phi) is 4.20. The van der Waals surface area contributed by atoms with Crippen LogP contribution >= 0.6 is 39.1 Å². The Bertz CT molecular complexity index is 817. The molecule has 6 heteroatoms. The van der Waals surface area contributed by atoms with Gasteiger partial charge in [0.15, 0.2) is 0 Å². The Morgan fingerprint density at radius 3 is 2.81 bits per heavy atom. The van der Waals surface area contributed by atoms with Crippen LogP contribution in [0, 0.1) is 5.82 Å². The predicted octanol–water partition coefficient (Wildman–Crippen LogP) is 5.36. The highest BCUT2D eigenvalue weighted by Gasteiger charge is 2.15. The van der Waals surface area contributed by atoms with Crippen LogP contribution in [0.25, 0.3) is 16.7 Å². The zero-order valence-corrected chi connectivity index (χ0v) is 13.9. The van der Waals surface area contributed by atoms with E-state index in [1.54, 1.807) is 12.1 Å². The summed E-state index contributed by atoms with van der Waals surface area (Å²) >= 11 is 15.5. The summed E-state index contributed by atoms with van der Waals surface area (Å²) < 4.78 is 16.1. The van der Waals surface area contributed by atoms with Crippen molar-refractivity contribution < 1.29 is 4.39 Å². The SMILES string of the molecule is Fc1ccc2c(c1)nc(CCCl)n2-c1cccc(Cl)c1Br. The molecule has 0 N–H and O–H groups in total. The number of alkyl halides is 1. The number of hydrogen-bond donors (Lipinski definition) is 0. The molecule has 108 valence electrons. The van der Waals surface area contributed by atoms with Crippen molar-refractivity contribution in [3.63, 3.8) is 0 Å². The minimum absolute atomic E-state index is 0.310. The molecule has 0 unspecified atom stereocenters. The third-order valence-corrected chi connectivity index (χ3v) is 4.74. The highest BCUT2D eigenvalue weighted by molar-refractivity contribution is 9.10. The largest absolute Gasteiger partial charge is 0.295 e. The zero-order valence-electron chi connectivity index (χ0n) is 10.8. The van der Waals surface area contributed by atoms with Crippen LogP contribution in [0.1, 0.15) is 5.82 Å². The number of aryl methyl sites for hydroxylation is 1. The first-order valence-electron chi connectivity index (χ1n) is 6.29. The van der Waals surface area contributed by atoms with Crippen molar-refractivity contribution in [3.8, 4) is 5.69 Å². The molecule has 1 heterocycles. The summed E-state index contributed by atoms with van der Waals surface area (Å²) in [5, 5.41) is 0.605. The van der Waals surface area contributed by atoms with Crippen LogP contribution in [0.2, 0.25) is 5.02 Å². The van der Waals surface area contributed by atoms with E-state index in [9.17, 15) is 4.39 Å². The molecule has 0 bridgehead atoms. The third-order valence-electron chi connectivity index (χ3n) is 3.18. The van der Waals surface area contributed by atoms with Crippen molar-refractivity contribution in [2.45, 2.75) is 6.42 Å². The Morgan fingerprint density at radius 2 is 2.05 bits per heavy atom. The number of aromatic nitrogens is 2. The molecule has 0 saturated heterocycles. The van der Waals surface area contributed by atoms with E-state index in [4.69, 9.17) is 23.2 Å². The van der Waals surface area contributed by atoms with Crippen LogP contribution in [0.3, 0.4) is 0 Å². The first kappa shape index (κ1) is 14.8. The molecule has 3 aromatic rings. The minimum Gasteiger partial charge on any atom is -0.295 e. The van der Waals surface area contributed by atoms with Crippen molar-refractivity contribution in [3.05, 3.63) is 57.5 Å². The number of benzene rings is 2. The van der Waals surface area contributed by atoms with E-state index >= 15 is 0 Å². The number of rotatable bonds is 3. The highest BCUT2D eigenvalue weighted by Crippen LogP contribution is 2.32. The summed E-state index contributed by atoms with van der Waals surface area (Å²) in [6, 6.07) is 10.1. The second-order valence-electron chi connectivity index (χ2n) is 4.51. The molecule has 0 saturated carbocycles. The van der Waals surface area contributed by atoms with Crippen LogP contribution < -0.4 is 0 Å². The van der Waals surface area contributed by atoms with E-state index in [1.807, 2.05) is 16.7 Å². The van der Waals surface area contributed by atoms with Crippen LogP contribution in [-0.4, -0.2) is 15.4 Å². The molecule has 0 aliphatic rings. The summed E-state index contributed by atoms with van der Waals surface area (Å²) in [4.78, 5) is 4.49. The second-order valence-corrected chi connectivity index (χ2v) is 6.09. The number of nitrogens with zero attached hydrogens (tertiary/aromatic N) is 2. The molecule has 21 heavy (non-hydrogen) atoms. The minimum atomic E-state index is -0.310. The Balaban J connectivity index is 2.33. The van der Waals surface area contributed by atoms with Crippen LogP contribution in [-0.2, 0) is 6.42 Å². The van der Waals surface area contributed by atoms with Gasteiger partial charge in [0.25, 0.3) is 0 Å². The van der Waals surface area contributed by atoms with E-state index in [0.29, 0.717) is 22.8 Å². The lowest BCUT2D eigenvalue weighted by Gasteiger charge is -2.11.